The first-order chi connectivity index (χ1) is 9.61. The van der Waals surface area contributed by atoms with E-state index >= 15 is 0 Å². The minimum absolute atomic E-state index is 0.320. The molecule has 0 atom stereocenters. The summed E-state index contributed by atoms with van der Waals surface area (Å²) in [5.74, 6) is 0.341. The van der Waals surface area contributed by atoms with Gasteiger partial charge >= 0.3 is 0 Å². The maximum atomic E-state index is 13.0. The molecular weight excluding hydrogens is 315 g/mol. The molecule has 2 N–H and O–H groups in total. The summed E-state index contributed by atoms with van der Waals surface area (Å²) in [4.78, 5) is 4.52. The largest absolute Gasteiger partial charge is 0.399 e. The van der Waals surface area contributed by atoms with Crippen LogP contribution >= 0.6 is 34.7 Å². The molecule has 0 aliphatic carbocycles. The summed E-state index contributed by atoms with van der Waals surface area (Å²) in [6.45, 7) is 0. The number of hydrogen-bond acceptors (Lipinski definition) is 4. The lowest BCUT2D eigenvalue weighted by molar-refractivity contribution is 0.627. The highest BCUT2D eigenvalue weighted by Gasteiger charge is 2.07. The normalized spacial score (nSPS) is 11.1. The Bertz CT molecular complexity index is 773. The fourth-order valence-electron chi connectivity index (χ4n) is 1.76. The van der Waals surface area contributed by atoms with E-state index in [1.54, 1.807) is 29.2 Å². The third-order valence-electron chi connectivity index (χ3n) is 2.76. The van der Waals surface area contributed by atoms with Crippen molar-refractivity contribution in [2.75, 3.05) is 5.73 Å². The Hall–Kier alpha value is -1.30. The molecule has 2 aromatic carbocycles. The van der Waals surface area contributed by atoms with Gasteiger partial charge < -0.3 is 5.73 Å². The summed E-state index contributed by atoms with van der Waals surface area (Å²) >= 11 is 9.19. The predicted octanol–water partition coefficient (Wildman–Crippen LogP) is 4.96. The van der Waals surface area contributed by atoms with Gasteiger partial charge in [-0.3, -0.25) is 0 Å². The predicted molar refractivity (Wildman–Crippen MR) is 85.0 cm³/mol. The molecule has 0 radical (unpaired) electrons. The SMILES string of the molecule is Nc1ccc2nc(SCc3ccc(F)cc3Cl)sc2c1. The standard InChI is InChI=1S/C14H10ClFN2S2/c15-11-5-9(16)2-1-8(11)7-19-14-18-12-4-3-10(17)6-13(12)20-14/h1-6H,7,17H2. The van der Waals surface area contributed by atoms with Crippen LogP contribution in [0.1, 0.15) is 5.56 Å². The second-order valence-electron chi connectivity index (χ2n) is 4.23. The van der Waals surface area contributed by atoms with Gasteiger partial charge in [-0.1, -0.05) is 29.4 Å². The van der Waals surface area contributed by atoms with Crippen LogP contribution in [0, 0.1) is 5.82 Å². The second kappa shape index (κ2) is 5.60. The van der Waals surface area contributed by atoms with E-state index in [1.807, 2.05) is 18.2 Å². The Balaban J connectivity index is 1.79. The molecule has 0 fully saturated rings. The molecule has 102 valence electrons. The van der Waals surface area contributed by atoms with Gasteiger partial charge in [0.2, 0.25) is 0 Å². The van der Waals surface area contributed by atoms with Gasteiger partial charge in [0.15, 0.2) is 4.34 Å². The molecular formula is C14H10ClFN2S2. The van der Waals surface area contributed by atoms with Crippen molar-refractivity contribution in [3.63, 3.8) is 0 Å². The molecule has 3 aromatic rings. The van der Waals surface area contributed by atoms with Crippen LogP contribution in [0.2, 0.25) is 5.02 Å². The van der Waals surface area contributed by atoms with E-state index < -0.39 is 0 Å². The summed E-state index contributed by atoms with van der Waals surface area (Å²) in [7, 11) is 0. The zero-order chi connectivity index (χ0) is 14.1. The lowest BCUT2D eigenvalue weighted by atomic mass is 10.2. The van der Waals surface area contributed by atoms with E-state index in [-0.39, 0.29) is 5.82 Å². The van der Waals surface area contributed by atoms with E-state index in [2.05, 4.69) is 4.98 Å². The first-order valence-corrected chi connectivity index (χ1v) is 8.02. The molecule has 1 heterocycles. The maximum Gasteiger partial charge on any atom is 0.151 e. The molecule has 0 aliphatic heterocycles. The number of thioether (sulfide) groups is 1. The quantitative estimate of drug-likeness (QED) is 0.546. The Labute approximate surface area is 128 Å². The average Bonchev–Trinajstić information content (AvgIpc) is 2.79. The number of benzene rings is 2. The Morgan fingerprint density at radius 2 is 2.10 bits per heavy atom. The fraction of sp³-hybridized carbons (Fsp3) is 0.0714. The Morgan fingerprint density at radius 1 is 1.25 bits per heavy atom. The topological polar surface area (TPSA) is 38.9 Å². The second-order valence-corrected chi connectivity index (χ2v) is 6.89. The molecule has 6 heteroatoms. The minimum Gasteiger partial charge on any atom is -0.399 e. The van der Waals surface area contributed by atoms with Crippen LogP contribution in [0.15, 0.2) is 40.7 Å². The summed E-state index contributed by atoms with van der Waals surface area (Å²) in [5.41, 5.74) is 8.33. The molecule has 0 saturated carbocycles. The number of anilines is 1. The molecule has 2 nitrogen and oxygen atoms in total. The molecule has 0 aliphatic rings. The molecule has 0 unspecified atom stereocenters. The van der Waals surface area contributed by atoms with Gasteiger partial charge in [-0.15, -0.1) is 11.3 Å². The van der Waals surface area contributed by atoms with Crippen LogP contribution in [0.5, 0.6) is 0 Å². The molecule has 1 aromatic heterocycles. The zero-order valence-corrected chi connectivity index (χ0v) is 12.7. The van der Waals surface area contributed by atoms with Crippen molar-refractivity contribution in [2.45, 2.75) is 10.1 Å². The summed E-state index contributed by atoms with van der Waals surface area (Å²) in [6, 6.07) is 10.1. The van der Waals surface area contributed by atoms with Gasteiger partial charge in [0.1, 0.15) is 5.82 Å². The molecule has 3 rings (SSSR count). The van der Waals surface area contributed by atoms with Gasteiger partial charge in [0.05, 0.1) is 10.2 Å². The number of thiazole rings is 1. The van der Waals surface area contributed by atoms with Crippen LogP contribution in [0.4, 0.5) is 10.1 Å². The highest BCUT2D eigenvalue weighted by molar-refractivity contribution is 8.00. The van der Waals surface area contributed by atoms with Crippen molar-refractivity contribution in [3.8, 4) is 0 Å². The van der Waals surface area contributed by atoms with E-state index in [0.29, 0.717) is 10.8 Å². The van der Waals surface area contributed by atoms with Gasteiger partial charge in [-0.2, -0.15) is 0 Å². The first kappa shape index (κ1) is 13.7. The number of nitrogens with two attached hydrogens (primary N) is 1. The van der Waals surface area contributed by atoms with Crippen LogP contribution in [0.3, 0.4) is 0 Å². The number of hydrogen-bond donors (Lipinski definition) is 1. The third kappa shape index (κ3) is 2.90. The van der Waals surface area contributed by atoms with E-state index in [1.165, 1.54) is 12.1 Å². The van der Waals surface area contributed by atoms with E-state index in [9.17, 15) is 4.39 Å². The molecule has 0 bridgehead atoms. The number of fused-ring (bicyclic) bond motifs is 1. The number of nitrogen functional groups attached to an aromatic ring is 1. The van der Waals surface area contributed by atoms with Gasteiger partial charge in [-0.25, -0.2) is 9.37 Å². The van der Waals surface area contributed by atoms with Crippen molar-refractivity contribution < 1.29 is 4.39 Å². The fourth-order valence-corrected chi connectivity index (χ4v) is 4.19. The van der Waals surface area contributed by atoms with Gasteiger partial charge in [0.25, 0.3) is 0 Å². The number of aromatic nitrogens is 1. The smallest absolute Gasteiger partial charge is 0.151 e. The molecule has 0 saturated heterocycles. The summed E-state index contributed by atoms with van der Waals surface area (Å²) in [6.07, 6.45) is 0. The highest BCUT2D eigenvalue weighted by atomic mass is 35.5. The van der Waals surface area contributed by atoms with Crippen molar-refractivity contribution >= 4 is 50.6 Å². The zero-order valence-electron chi connectivity index (χ0n) is 10.3. The molecule has 20 heavy (non-hydrogen) atoms. The number of rotatable bonds is 3. The van der Waals surface area contributed by atoms with Crippen LogP contribution in [-0.2, 0) is 5.75 Å². The van der Waals surface area contributed by atoms with Crippen LogP contribution < -0.4 is 5.73 Å². The highest BCUT2D eigenvalue weighted by Crippen LogP contribution is 2.33. The van der Waals surface area contributed by atoms with Crippen LogP contribution in [0.25, 0.3) is 10.2 Å². The van der Waals surface area contributed by atoms with Crippen LogP contribution in [-0.4, -0.2) is 4.98 Å². The average molecular weight is 325 g/mol. The van der Waals surface area contributed by atoms with E-state index in [0.717, 1.165) is 25.8 Å². The third-order valence-corrected chi connectivity index (χ3v) is 5.32. The van der Waals surface area contributed by atoms with Crippen molar-refractivity contribution in [2.24, 2.45) is 0 Å². The lowest BCUT2D eigenvalue weighted by Crippen LogP contribution is -1.84. The monoisotopic (exact) mass is 324 g/mol. The van der Waals surface area contributed by atoms with Crippen molar-refractivity contribution in [1.29, 1.82) is 0 Å². The van der Waals surface area contributed by atoms with Crippen molar-refractivity contribution in [3.05, 3.63) is 52.8 Å². The minimum atomic E-state index is -0.320. The van der Waals surface area contributed by atoms with E-state index in [4.69, 9.17) is 17.3 Å². The first-order valence-electron chi connectivity index (χ1n) is 5.84. The maximum absolute atomic E-state index is 13.0. The van der Waals surface area contributed by atoms with Gasteiger partial charge in [0, 0.05) is 16.5 Å². The van der Waals surface area contributed by atoms with Crippen molar-refractivity contribution in [1.82, 2.24) is 4.98 Å². The Morgan fingerprint density at radius 3 is 2.90 bits per heavy atom. The molecule has 0 spiro atoms. The molecule has 0 amide bonds. The number of nitrogens with zero attached hydrogens (tertiary/aromatic N) is 1. The lowest BCUT2D eigenvalue weighted by Gasteiger charge is -2.02. The summed E-state index contributed by atoms with van der Waals surface area (Å²) < 4.78 is 15.0. The van der Waals surface area contributed by atoms with Gasteiger partial charge in [-0.05, 0) is 35.9 Å². The summed E-state index contributed by atoms with van der Waals surface area (Å²) in [5, 5.41) is 0.447. The number of halogens is 2. The Kier molecular flexibility index (Phi) is 3.83.